The summed E-state index contributed by atoms with van der Waals surface area (Å²) in [4.78, 5) is 14.6. The Labute approximate surface area is 95.7 Å². The van der Waals surface area contributed by atoms with E-state index in [2.05, 4.69) is 0 Å². The highest BCUT2D eigenvalue weighted by atomic mass is 16.2. The summed E-state index contributed by atoms with van der Waals surface area (Å²) in [6.07, 6.45) is 1.91. The van der Waals surface area contributed by atoms with Gasteiger partial charge in [0.05, 0.1) is 13.1 Å². The number of nitriles is 1. The molecule has 0 aliphatic rings. The molecule has 0 fully saturated rings. The van der Waals surface area contributed by atoms with Crippen molar-refractivity contribution in [3.8, 4) is 6.19 Å². The molecular formula is C12H15N3O. The molecule has 0 aromatic heterocycles. The molecule has 0 aliphatic carbocycles. The highest BCUT2D eigenvalue weighted by Crippen LogP contribution is 2.03. The first-order chi connectivity index (χ1) is 7.63. The van der Waals surface area contributed by atoms with Crippen molar-refractivity contribution in [1.29, 1.82) is 5.26 Å². The number of benzene rings is 1. The minimum atomic E-state index is -0.184. The molecule has 1 rings (SSSR count). The average Bonchev–Trinajstić information content (AvgIpc) is 2.26. The first-order valence-electron chi connectivity index (χ1n) is 5.02. The Kier molecular flexibility index (Phi) is 4.49. The molecule has 0 atom stereocenters. The van der Waals surface area contributed by atoms with E-state index in [0.717, 1.165) is 5.56 Å². The Hall–Kier alpha value is -1.86. The smallest absolute Gasteiger partial charge is 0.250 e. The van der Waals surface area contributed by atoms with Gasteiger partial charge in [0.15, 0.2) is 6.19 Å². The van der Waals surface area contributed by atoms with E-state index >= 15 is 0 Å². The molecule has 84 valence electrons. The van der Waals surface area contributed by atoms with Crippen LogP contribution in [0.3, 0.4) is 0 Å². The Morgan fingerprint density at radius 1 is 1.31 bits per heavy atom. The zero-order chi connectivity index (χ0) is 12.0. The van der Waals surface area contributed by atoms with Gasteiger partial charge in [0.1, 0.15) is 0 Å². The van der Waals surface area contributed by atoms with E-state index in [4.69, 9.17) is 5.26 Å². The molecule has 0 unspecified atom stereocenters. The molecule has 0 N–H and O–H groups in total. The van der Waals surface area contributed by atoms with Crippen molar-refractivity contribution in [2.75, 3.05) is 20.6 Å². The van der Waals surface area contributed by atoms with Crippen molar-refractivity contribution in [3.63, 3.8) is 0 Å². The monoisotopic (exact) mass is 217 g/mol. The van der Waals surface area contributed by atoms with Gasteiger partial charge in [-0.25, -0.2) is 4.90 Å². The van der Waals surface area contributed by atoms with Crippen molar-refractivity contribution < 1.29 is 4.79 Å². The maximum Gasteiger partial charge on any atom is 0.250 e. The van der Waals surface area contributed by atoms with Gasteiger partial charge in [-0.2, -0.15) is 5.26 Å². The third kappa shape index (κ3) is 3.71. The minimum Gasteiger partial charge on any atom is -0.301 e. The quantitative estimate of drug-likeness (QED) is 0.559. The van der Waals surface area contributed by atoms with Gasteiger partial charge in [-0.3, -0.25) is 4.79 Å². The van der Waals surface area contributed by atoms with Crippen LogP contribution >= 0.6 is 0 Å². The van der Waals surface area contributed by atoms with E-state index < -0.39 is 0 Å². The van der Waals surface area contributed by atoms with Crippen molar-refractivity contribution in [2.45, 2.75) is 6.54 Å². The first-order valence-corrected chi connectivity index (χ1v) is 5.02. The van der Waals surface area contributed by atoms with Gasteiger partial charge in [0, 0.05) is 0 Å². The lowest BCUT2D eigenvalue weighted by Gasteiger charge is -2.16. The zero-order valence-corrected chi connectivity index (χ0v) is 9.55. The number of hydrogen-bond acceptors (Lipinski definition) is 3. The lowest BCUT2D eigenvalue weighted by molar-refractivity contribution is -0.129. The summed E-state index contributed by atoms with van der Waals surface area (Å²) in [7, 11) is 3.60. The Morgan fingerprint density at radius 3 is 2.44 bits per heavy atom. The van der Waals surface area contributed by atoms with E-state index in [1.807, 2.05) is 36.5 Å². The highest BCUT2D eigenvalue weighted by molar-refractivity contribution is 5.79. The molecule has 4 nitrogen and oxygen atoms in total. The summed E-state index contributed by atoms with van der Waals surface area (Å²) in [5.74, 6) is -0.184. The van der Waals surface area contributed by atoms with Crippen LogP contribution in [0.5, 0.6) is 0 Å². The number of carbonyl (C=O) groups is 1. The van der Waals surface area contributed by atoms with Crippen molar-refractivity contribution >= 4 is 5.91 Å². The molecule has 0 heterocycles. The van der Waals surface area contributed by atoms with Crippen molar-refractivity contribution in [2.24, 2.45) is 0 Å². The van der Waals surface area contributed by atoms with Crippen LogP contribution in [0.15, 0.2) is 30.3 Å². The van der Waals surface area contributed by atoms with Crippen molar-refractivity contribution in [3.05, 3.63) is 35.9 Å². The molecule has 0 spiro atoms. The zero-order valence-electron chi connectivity index (χ0n) is 9.55. The minimum absolute atomic E-state index is 0.184. The summed E-state index contributed by atoms with van der Waals surface area (Å²) >= 11 is 0. The maximum atomic E-state index is 11.7. The van der Waals surface area contributed by atoms with Gasteiger partial charge in [0.25, 0.3) is 0 Å². The Morgan fingerprint density at radius 2 is 1.94 bits per heavy atom. The highest BCUT2D eigenvalue weighted by Gasteiger charge is 2.13. The summed E-state index contributed by atoms with van der Waals surface area (Å²) in [6.45, 7) is 0.588. The normalized spacial score (nSPS) is 9.88. The molecule has 0 saturated carbocycles. The Balaban J connectivity index is 2.63. The molecule has 1 aromatic rings. The fourth-order valence-electron chi connectivity index (χ4n) is 1.30. The van der Waals surface area contributed by atoms with Crippen LogP contribution in [0.4, 0.5) is 0 Å². The van der Waals surface area contributed by atoms with Gasteiger partial charge in [0.2, 0.25) is 5.91 Å². The fourth-order valence-corrected chi connectivity index (χ4v) is 1.30. The van der Waals surface area contributed by atoms with Crippen LogP contribution in [0.25, 0.3) is 0 Å². The topological polar surface area (TPSA) is 47.3 Å². The molecule has 4 heteroatoms. The third-order valence-electron chi connectivity index (χ3n) is 2.06. The van der Waals surface area contributed by atoms with Gasteiger partial charge < -0.3 is 4.90 Å². The van der Waals surface area contributed by atoms with Gasteiger partial charge in [-0.1, -0.05) is 30.3 Å². The molecule has 16 heavy (non-hydrogen) atoms. The van der Waals surface area contributed by atoms with Crippen LogP contribution in [0, 0.1) is 11.5 Å². The van der Waals surface area contributed by atoms with Crippen LogP contribution < -0.4 is 0 Å². The van der Waals surface area contributed by atoms with E-state index in [1.54, 1.807) is 19.0 Å². The molecule has 0 aliphatic heterocycles. The number of nitrogens with zero attached hydrogens (tertiary/aromatic N) is 3. The van der Waals surface area contributed by atoms with Crippen molar-refractivity contribution in [1.82, 2.24) is 9.80 Å². The first kappa shape index (κ1) is 12.2. The third-order valence-corrected chi connectivity index (χ3v) is 2.06. The lowest BCUT2D eigenvalue weighted by Crippen LogP contribution is -2.34. The summed E-state index contributed by atoms with van der Waals surface area (Å²) in [5.41, 5.74) is 0.955. The predicted octanol–water partition coefficient (Wildman–Crippen LogP) is 1.06. The average molecular weight is 217 g/mol. The van der Waals surface area contributed by atoms with Crippen LogP contribution in [0.2, 0.25) is 0 Å². The molecule has 0 radical (unpaired) electrons. The molecule has 1 aromatic carbocycles. The van der Waals surface area contributed by atoms with Gasteiger partial charge in [-0.15, -0.1) is 0 Å². The predicted molar refractivity (Wildman–Crippen MR) is 61.2 cm³/mol. The van der Waals surface area contributed by atoms with E-state index in [1.165, 1.54) is 4.90 Å². The van der Waals surface area contributed by atoms with E-state index in [0.29, 0.717) is 6.54 Å². The number of rotatable bonds is 4. The summed E-state index contributed by atoms with van der Waals surface area (Å²) in [6, 6.07) is 9.48. The maximum absolute atomic E-state index is 11.7. The molecular weight excluding hydrogens is 202 g/mol. The summed E-state index contributed by atoms with van der Waals surface area (Å²) < 4.78 is 0. The molecule has 0 bridgehead atoms. The van der Waals surface area contributed by atoms with E-state index in [-0.39, 0.29) is 12.5 Å². The fraction of sp³-hybridized carbons (Fsp3) is 0.333. The second-order valence-electron chi connectivity index (χ2n) is 3.80. The molecule has 1 amide bonds. The number of amides is 1. The van der Waals surface area contributed by atoms with E-state index in [9.17, 15) is 4.79 Å². The van der Waals surface area contributed by atoms with Crippen LogP contribution in [0.1, 0.15) is 5.56 Å². The number of likely N-dealkylation sites (N-methyl/N-ethyl adjacent to an activating group) is 1. The largest absolute Gasteiger partial charge is 0.301 e. The van der Waals surface area contributed by atoms with Crippen LogP contribution in [-0.4, -0.2) is 36.3 Å². The standard InChI is InChI=1S/C12H15N3O/c1-14(2)9-12(16)15(10-13)8-11-6-4-3-5-7-11/h3-7H,8-9H2,1-2H3. The second kappa shape index (κ2) is 5.89. The number of carbonyl (C=O) groups excluding carboxylic acids is 1. The summed E-state index contributed by atoms with van der Waals surface area (Å²) in [5, 5.41) is 8.91. The van der Waals surface area contributed by atoms with Crippen LogP contribution in [-0.2, 0) is 11.3 Å². The second-order valence-corrected chi connectivity index (χ2v) is 3.80. The Bertz CT molecular complexity index is 381. The molecule has 0 saturated heterocycles. The number of hydrogen-bond donors (Lipinski definition) is 0. The van der Waals surface area contributed by atoms with Gasteiger partial charge in [-0.05, 0) is 19.7 Å². The SMILES string of the molecule is CN(C)CC(=O)N(C#N)Cc1ccccc1. The lowest BCUT2D eigenvalue weighted by atomic mass is 10.2. The van der Waals surface area contributed by atoms with Gasteiger partial charge >= 0.3 is 0 Å².